The second-order valence-corrected chi connectivity index (χ2v) is 4.80. The van der Waals surface area contributed by atoms with E-state index in [-0.39, 0.29) is 0 Å². The number of aliphatic hydroxyl groups excluding tert-OH is 1. The Labute approximate surface area is 114 Å². The van der Waals surface area contributed by atoms with Gasteiger partial charge in [0.25, 0.3) is 0 Å². The SMILES string of the molecule is Cc1ccc(CNCC(O)c2cccc(N)c2)cc1. The van der Waals surface area contributed by atoms with Crippen LogP contribution in [0.4, 0.5) is 5.69 Å². The summed E-state index contributed by atoms with van der Waals surface area (Å²) in [4.78, 5) is 0. The number of hydrogen-bond acceptors (Lipinski definition) is 3. The van der Waals surface area contributed by atoms with Crippen molar-refractivity contribution in [1.82, 2.24) is 5.32 Å². The Hall–Kier alpha value is -1.84. The van der Waals surface area contributed by atoms with Crippen LogP contribution in [0.3, 0.4) is 0 Å². The molecule has 0 amide bonds. The van der Waals surface area contributed by atoms with Gasteiger partial charge in [0.1, 0.15) is 0 Å². The average molecular weight is 256 g/mol. The number of anilines is 1. The first-order chi connectivity index (χ1) is 9.15. The molecular formula is C16H20N2O. The van der Waals surface area contributed by atoms with Crippen molar-refractivity contribution in [3.05, 3.63) is 65.2 Å². The Kier molecular flexibility index (Phi) is 4.55. The molecule has 3 heteroatoms. The van der Waals surface area contributed by atoms with Crippen molar-refractivity contribution >= 4 is 5.69 Å². The van der Waals surface area contributed by atoms with E-state index in [9.17, 15) is 5.11 Å². The summed E-state index contributed by atoms with van der Waals surface area (Å²) < 4.78 is 0. The van der Waals surface area contributed by atoms with Crippen LogP contribution in [0.2, 0.25) is 0 Å². The Morgan fingerprint density at radius 1 is 1.16 bits per heavy atom. The Morgan fingerprint density at radius 2 is 1.89 bits per heavy atom. The molecule has 2 aromatic rings. The van der Waals surface area contributed by atoms with E-state index >= 15 is 0 Å². The highest BCUT2D eigenvalue weighted by atomic mass is 16.3. The highest BCUT2D eigenvalue weighted by molar-refractivity contribution is 5.41. The van der Waals surface area contributed by atoms with E-state index in [1.54, 1.807) is 6.07 Å². The highest BCUT2D eigenvalue weighted by Crippen LogP contribution is 2.15. The summed E-state index contributed by atoms with van der Waals surface area (Å²) in [5.74, 6) is 0. The molecule has 0 aliphatic carbocycles. The molecule has 4 N–H and O–H groups in total. The number of hydrogen-bond donors (Lipinski definition) is 3. The molecule has 0 aromatic heterocycles. The van der Waals surface area contributed by atoms with Crippen LogP contribution in [0.1, 0.15) is 22.8 Å². The number of aryl methyl sites for hydroxylation is 1. The fraction of sp³-hybridized carbons (Fsp3) is 0.250. The molecular weight excluding hydrogens is 236 g/mol. The third-order valence-electron chi connectivity index (χ3n) is 3.08. The molecule has 19 heavy (non-hydrogen) atoms. The van der Waals surface area contributed by atoms with E-state index < -0.39 is 6.10 Å². The van der Waals surface area contributed by atoms with E-state index in [0.717, 1.165) is 12.1 Å². The van der Waals surface area contributed by atoms with Crippen molar-refractivity contribution < 1.29 is 5.11 Å². The van der Waals surface area contributed by atoms with Gasteiger partial charge in [0.15, 0.2) is 0 Å². The number of nitrogens with two attached hydrogens (primary N) is 1. The summed E-state index contributed by atoms with van der Waals surface area (Å²) in [5.41, 5.74) is 9.69. The molecule has 2 aromatic carbocycles. The van der Waals surface area contributed by atoms with Gasteiger partial charge in [-0.2, -0.15) is 0 Å². The molecule has 0 saturated carbocycles. The van der Waals surface area contributed by atoms with Crippen molar-refractivity contribution in [3.8, 4) is 0 Å². The minimum absolute atomic E-state index is 0.511. The van der Waals surface area contributed by atoms with Crippen molar-refractivity contribution in [2.45, 2.75) is 19.6 Å². The van der Waals surface area contributed by atoms with Gasteiger partial charge in [-0.15, -0.1) is 0 Å². The summed E-state index contributed by atoms with van der Waals surface area (Å²) in [6.45, 7) is 3.33. The van der Waals surface area contributed by atoms with Gasteiger partial charge < -0.3 is 16.2 Å². The van der Waals surface area contributed by atoms with Gasteiger partial charge in [0.05, 0.1) is 6.10 Å². The topological polar surface area (TPSA) is 58.3 Å². The van der Waals surface area contributed by atoms with Crippen LogP contribution in [0.5, 0.6) is 0 Å². The first kappa shape index (κ1) is 13.6. The second-order valence-electron chi connectivity index (χ2n) is 4.80. The molecule has 2 rings (SSSR count). The zero-order valence-electron chi connectivity index (χ0n) is 11.1. The van der Waals surface area contributed by atoms with Gasteiger partial charge in [0.2, 0.25) is 0 Å². The number of nitrogens with one attached hydrogen (secondary N) is 1. The lowest BCUT2D eigenvalue weighted by Crippen LogP contribution is -2.21. The summed E-state index contributed by atoms with van der Waals surface area (Å²) in [7, 11) is 0. The quantitative estimate of drug-likeness (QED) is 0.720. The molecule has 0 spiro atoms. The number of aliphatic hydroxyl groups is 1. The molecule has 0 bridgehead atoms. The molecule has 0 aliphatic rings. The third-order valence-corrected chi connectivity index (χ3v) is 3.08. The van der Waals surface area contributed by atoms with E-state index in [0.29, 0.717) is 12.2 Å². The predicted molar refractivity (Wildman–Crippen MR) is 78.7 cm³/mol. The van der Waals surface area contributed by atoms with Gasteiger partial charge in [-0.25, -0.2) is 0 Å². The lowest BCUT2D eigenvalue weighted by molar-refractivity contribution is 0.174. The van der Waals surface area contributed by atoms with Crippen LogP contribution in [0.25, 0.3) is 0 Å². The summed E-state index contributed by atoms with van der Waals surface area (Å²) in [6, 6.07) is 15.7. The maximum atomic E-state index is 10.0. The molecule has 0 aliphatic heterocycles. The van der Waals surface area contributed by atoms with Crippen LogP contribution in [-0.4, -0.2) is 11.7 Å². The van der Waals surface area contributed by atoms with Gasteiger partial charge in [-0.1, -0.05) is 42.0 Å². The lowest BCUT2D eigenvalue weighted by Gasteiger charge is -2.13. The number of nitrogen functional groups attached to an aromatic ring is 1. The Morgan fingerprint density at radius 3 is 2.58 bits per heavy atom. The van der Waals surface area contributed by atoms with Gasteiger partial charge in [-0.3, -0.25) is 0 Å². The average Bonchev–Trinajstić information content (AvgIpc) is 2.41. The summed E-state index contributed by atoms with van der Waals surface area (Å²) >= 11 is 0. The van der Waals surface area contributed by atoms with Crippen LogP contribution < -0.4 is 11.1 Å². The number of benzene rings is 2. The minimum Gasteiger partial charge on any atom is -0.399 e. The standard InChI is InChI=1S/C16H20N2O/c1-12-5-7-13(8-6-12)10-18-11-16(19)14-3-2-4-15(17)9-14/h2-9,16,18-19H,10-11,17H2,1H3. The molecule has 1 unspecified atom stereocenters. The van der Waals surface area contributed by atoms with Crippen molar-refractivity contribution in [1.29, 1.82) is 0 Å². The van der Waals surface area contributed by atoms with Crippen molar-refractivity contribution in [2.75, 3.05) is 12.3 Å². The summed E-state index contributed by atoms with van der Waals surface area (Å²) in [5, 5.41) is 13.3. The molecule has 0 saturated heterocycles. The van der Waals surface area contributed by atoms with Crippen molar-refractivity contribution in [3.63, 3.8) is 0 Å². The first-order valence-corrected chi connectivity index (χ1v) is 6.45. The molecule has 3 nitrogen and oxygen atoms in total. The predicted octanol–water partition coefficient (Wildman–Crippen LogP) is 2.40. The number of rotatable bonds is 5. The third kappa shape index (κ3) is 4.09. The molecule has 1 atom stereocenters. The second kappa shape index (κ2) is 6.36. The van der Waals surface area contributed by atoms with Crippen molar-refractivity contribution in [2.24, 2.45) is 0 Å². The van der Waals surface area contributed by atoms with Gasteiger partial charge in [0, 0.05) is 18.8 Å². The maximum Gasteiger partial charge on any atom is 0.0915 e. The molecule has 0 radical (unpaired) electrons. The fourth-order valence-corrected chi connectivity index (χ4v) is 1.94. The first-order valence-electron chi connectivity index (χ1n) is 6.45. The van der Waals surface area contributed by atoms with E-state index in [4.69, 9.17) is 5.73 Å². The zero-order chi connectivity index (χ0) is 13.7. The van der Waals surface area contributed by atoms with Crippen LogP contribution in [-0.2, 0) is 6.54 Å². The molecule has 0 fully saturated rings. The summed E-state index contributed by atoms with van der Waals surface area (Å²) in [6.07, 6.45) is -0.533. The fourth-order valence-electron chi connectivity index (χ4n) is 1.94. The lowest BCUT2D eigenvalue weighted by atomic mass is 10.1. The van der Waals surface area contributed by atoms with E-state index in [1.165, 1.54) is 11.1 Å². The Bertz CT molecular complexity index is 523. The molecule has 0 heterocycles. The normalized spacial score (nSPS) is 12.3. The van der Waals surface area contributed by atoms with Crippen LogP contribution >= 0.6 is 0 Å². The maximum absolute atomic E-state index is 10.0. The Balaban J connectivity index is 1.84. The monoisotopic (exact) mass is 256 g/mol. The minimum atomic E-state index is -0.533. The smallest absolute Gasteiger partial charge is 0.0915 e. The molecule has 100 valence electrons. The van der Waals surface area contributed by atoms with Gasteiger partial charge in [-0.05, 0) is 30.2 Å². The van der Waals surface area contributed by atoms with Crippen LogP contribution in [0, 0.1) is 6.92 Å². The largest absolute Gasteiger partial charge is 0.399 e. The van der Waals surface area contributed by atoms with E-state index in [1.807, 2.05) is 18.2 Å². The van der Waals surface area contributed by atoms with Crippen LogP contribution in [0.15, 0.2) is 48.5 Å². The van der Waals surface area contributed by atoms with E-state index in [2.05, 4.69) is 36.5 Å². The van der Waals surface area contributed by atoms with Gasteiger partial charge >= 0.3 is 0 Å². The zero-order valence-corrected chi connectivity index (χ0v) is 11.1. The highest BCUT2D eigenvalue weighted by Gasteiger charge is 2.06.